The van der Waals surface area contributed by atoms with Crippen LogP contribution in [0, 0.1) is 0 Å². The summed E-state index contributed by atoms with van der Waals surface area (Å²) in [6, 6.07) is 13.8. The van der Waals surface area contributed by atoms with Crippen molar-refractivity contribution in [3.63, 3.8) is 0 Å². The number of anilines is 1. The van der Waals surface area contributed by atoms with Crippen molar-refractivity contribution >= 4 is 53.8 Å². The number of nitrogens with zero attached hydrogens (tertiary/aromatic N) is 1. The summed E-state index contributed by atoms with van der Waals surface area (Å²) in [6.07, 6.45) is 0.584. The number of rotatable bonds is 8. The quantitative estimate of drug-likeness (QED) is 0.270. The van der Waals surface area contributed by atoms with Crippen LogP contribution in [-0.2, 0) is 16.7 Å². The van der Waals surface area contributed by atoms with E-state index < -0.39 is 16.2 Å². The highest BCUT2D eigenvalue weighted by Gasteiger charge is 2.29. The SMILES string of the molecule is CC(C)c1cc(Oc2c(Br)cc(C(=O)N(c3ccc(CCN)cc3)S(=O)(=O)O)cc2Br)ccc1O. The number of aromatic hydroxyl groups is 1. The van der Waals surface area contributed by atoms with E-state index in [0.29, 0.717) is 43.3 Å². The number of carbonyl (C=O) groups is 1. The molecule has 0 radical (unpaired) electrons. The summed E-state index contributed by atoms with van der Waals surface area (Å²) in [4.78, 5) is 13.2. The molecule has 0 heterocycles. The van der Waals surface area contributed by atoms with Gasteiger partial charge in [-0.2, -0.15) is 12.7 Å². The minimum Gasteiger partial charge on any atom is -0.508 e. The first-order valence-electron chi connectivity index (χ1n) is 10.5. The van der Waals surface area contributed by atoms with Gasteiger partial charge in [0.05, 0.1) is 14.6 Å². The van der Waals surface area contributed by atoms with E-state index in [1.54, 1.807) is 24.3 Å². The van der Waals surface area contributed by atoms with Gasteiger partial charge in [0.1, 0.15) is 11.5 Å². The summed E-state index contributed by atoms with van der Waals surface area (Å²) in [6.45, 7) is 4.30. The molecule has 186 valence electrons. The molecule has 0 aliphatic heterocycles. The minimum absolute atomic E-state index is 0.0175. The molecule has 3 aromatic carbocycles. The topological polar surface area (TPSA) is 130 Å². The highest BCUT2D eigenvalue weighted by atomic mass is 79.9. The number of hydrogen-bond donors (Lipinski definition) is 3. The second-order valence-electron chi connectivity index (χ2n) is 8.00. The number of carbonyl (C=O) groups excluding carboxylic acids is 1. The van der Waals surface area contributed by atoms with Crippen LogP contribution < -0.4 is 14.8 Å². The first-order valence-corrected chi connectivity index (χ1v) is 13.5. The van der Waals surface area contributed by atoms with E-state index in [0.717, 1.165) is 5.56 Å². The number of phenolic OH excluding ortho intramolecular Hbond substituents is 1. The lowest BCUT2D eigenvalue weighted by Crippen LogP contribution is -2.36. The first-order chi connectivity index (χ1) is 16.4. The lowest BCUT2D eigenvalue weighted by molar-refractivity contribution is 0.100. The highest BCUT2D eigenvalue weighted by molar-refractivity contribution is 9.11. The van der Waals surface area contributed by atoms with E-state index in [1.165, 1.54) is 30.3 Å². The lowest BCUT2D eigenvalue weighted by atomic mass is 10.0. The van der Waals surface area contributed by atoms with Crippen LogP contribution >= 0.6 is 31.9 Å². The van der Waals surface area contributed by atoms with Crippen molar-refractivity contribution < 1.29 is 27.6 Å². The Labute approximate surface area is 220 Å². The molecule has 0 fully saturated rings. The Morgan fingerprint density at radius 2 is 1.66 bits per heavy atom. The molecule has 3 aromatic rings. The van der Waals surface area contributed by atoms with Gasteiger partial charge in [0.2, 0.25) is 0 Å². The standard InChI is InChI=1S/C24H24Br2N2O6S/c1-14(2)19-13-18(7-8-22(19)29)34-23-20(25)11-16(12-21(23)26)24(30)28(35(31,32)33)17-5-3-15(4-6-17)9-10-27/h3-8,11-14,29H,9-10,27H2,1-2H3,(H,31,32,33). The zero-order valence-electron chi connectivity index (χ0n) is 18.9. The molecular formula is C24H24Br2N2O6S. The van der Waals surface area contributed by atoms with Crippen molar-refractivity contribution in [1.82, 2.24) is 0 Å². The monoisotopic (exact) mass is 626 g/mol. The Balaban J connectivity index is 1.96. The molecule has 0 aliphatic carbocycles. The maximum atomic E-state index is 13.2. The Kier molecular flexibility index (Phi) is 8.60. The maximum absolute atomic E-state index is 13.2. The van der Waals surface area contributed by atoms with Crippen LogP contribution in [-0.4, -0.2) is 30.5 Å². The largest absolute Gasteiger partial charge is 0.508 e. The van der Waals surface area contributed by atoms with Gasteiger partial charge in [-0.25, -0.2) is 0 Å². The van der Waals surface area contributed by atoms with Gasteiger partial charge in [-0.05, 0) is 98.8 Å². The third kappa shape index (κ3) is 6.42. The van der Waals surface area contributed by atoms with Crippen molar-refractivity contribution in [3.05, 3.63) is 80.2 Å². The van der Waals surface area contributed by atoms with Gasteiger partial charge in [-0.3, -0.25) is 9.35 Å². The van der Waals surface area contributed by atoms with E-state index in [-0.39, 0.29) is 22.9 Å². The average Bonchev–Trinajstić information content (AvgIpc) is 2.77. The summed E-state index contributed by atoms with van der Waals surface area (Å²) < 4.78 is 41.1. The van der Waals surface area contributed by atoms with Crippen molar-refractivity contribution in [2.45, 2.75) is 26.2 Å². The Morgan fingerprint density at radius 3 is 2.17 bits per heavy atom. The summed E-state index contributed by atoms with van der Waals surface area (Å²) in [5.74, 6) is 0.0725. The molecule has 0 bridgehead atoms. The van der Waals surface area contributed by atoms with Crippen molar-refractivity contribution in [3.8, 4) is 17.2 Å². The molecule has 1 amide bonds. The third-order valence-corrected chi connectivity index (χ3v) is 7.12. The van der Waals surface area contributed by atoms with E-state index in [9.17, 15) is 22.9 Å². The molecule has 35 heavy (non-hydrogen) atoms. The van der Waals surface area contributed by atoms with Crippen LogP contribution in [0.2, 0.25) is 0 Å². The van der Waals surface area contributed by atoms with Crippen LogP contribution in [0.3, 0.4) is 0 Å². The molecule has 11 heteroatoms. The predicted molar refractivity (Wildman–Crippen MR) is 142 cm³/mol. The summed E-state index contributed by atoms with van der Waals surface area (Å²) in [5.41, 5.74) is 7.07. The van der Waals surface area contributed by atoms with Crippen LogP contribution in [0.15, 0.2) is 63.5 Å². The normalized spacial score (nSPS) is 11.5. The molecule has 3 rings (SSSR count). The van der Waals surface area contributed by atoms with Gasteiger partial charge in [0.25, 0.3) is 5.91 Å². The van der Waals surface area contributed by atoms with Crippen molar-refractivity contribution in [2.75, 3.05) is 10.8 Å². The fourth-order valence-corrected chi connectivity index (χ4v) is 5.45. The van der Waals surface area contributed by atoms with E-state index in [2.05, 4.69) is 31.9 Å². The molecule has 4 N–H and O–H groups in total. The number of phenols is 1. The van der Waals surface area contributed by atoms with E-state index in [4.69, 9.17) is 10.5 Å². The number of ether oxygens (including phenoxy) is 1. The number of amides is 1. The predicted octanol–water partition coefficient (Wildman–Crippen LogP) is 5.78. The van der Waals surface area contributed by atoms with Gasteiger partial charge in [-0.15, -0.1) is 0 Å². The zero-order valence-corrected chi connectivity index (χ0v) is 22.9. The van der Waals surface area contributed by atoms with Crippen molar-refractivity contribution in [1.29, 1.82) is 0 Å². The molecule has 0 aliphatic rings. The maximum Gasteiger partial charge on any atom is 0.366 e. The molecule has 0 aromatic heterocycles. The second-order valence-corrected chi connectivity index (χ2v) is 11.0. The van der Waals surface area contributed by atoms with Gasteiger partial charge in [-0.1, -0.05) is 26.0 Å². The van der Waals surface area contributed by atoms with E-state index >= 15 is 0 Å². The lowest BCUT2D eigenvalue weighted by Gasteiger charge is -2.20. The Morgan fingerprint density at radius 1 is 1.06 bits per heavy atom. The third-order valence-electron chi connectivity index (χ3n) is 5.11. The molecule has 0 unspecified atom stereocenters. The van der Waals surface area contributed by atoms with E-state index in [1.807, 2.05) is 13.8 Å². The zero-order chi connectivity index (χ0) is 25.9. The summed E-state index contributed by atoms with van der Waals surface area (Å²) >= 11 is 6.74. The van der Waals surface area contributed by atoms with Crippen LogP contribution in [0.5, 0.6) is 17.2 Å². The molecule has 0 saturated heterocycles. The number of hydrogen-bond acceptors (Lipinski definition) is 6. The van der Waals surface area contributed by atoms with Crippen LogP contribution in [0.4, 0.5) is 5.69 Å². The summed E-state index contributed by atoms with van der Waals surface area (Å²) in [5, 5.41) is 10.0. The molecule has 0 spiro atoms. The minimum atomic E-state index is -4.92. The molecular weight excluding hydrogens is 604 g/mol. The van der Waals surface area contributed by atoms with Crippen molar-refractivity contribution in [2.24, 2.45) is 5.73 Å². The summed E-state index contributed by atoms with van der Waals surface area (Å²) in [7, 11) is -4.92. The highest BCUT2D eigenvalue weighted by Crippen LogP contribution is 2.40. The smallest absolute Gasteiger partial charge is 0.366 e. The van der Waals surface area contributed by atoms with Crippen LogP contribution in [0.25, 0.3) is 0 Å². The number of benzene rings is 3. The van der Waals surface area contributed by atoms with Gasteiger partial charge >= 0.3 is 10.3 Å². The van der Waals surface area contributed by atoms with Crippen LogP contribution in [0.1, 0.15) is 41.3 Å². The van der Waals surface area contributed by atoms with Gasteiger partial charge < -0.3 is 15.6 Å². The number of halogens is 2. The second kappa shape index (κ2) is 11.1. The molecule has 0 saturated carbocycles. The average molecular weight is 628 g/mol. The molecule has 0 atom stereocenters. The molecule has 8 nitrogen and oxygen atoms in total. The Bertz CT molecular complexity index is 1320. The first kappa shape index (κ1) is 27.2. The fourth-order valence-electron chi connectivity index (χ4n) is 3.39. The number of nitrogens with two attached hydrogens (primary N) is 1. The van der Waals surface area contributed by atoms with Gasteiger partial charge in [0.15, 0.2) is 5.75 Å². The fraction of sp³-hybridized carbons (Fsp3) is 0.208. The van der Waals surface area contributed by atoms with Gasteiger partial charge in [0, 0.05) is 11.1 Å². The Hall–Kier alpha value is -2.44.